The normalized spacial score (nSPS) is 12.5. The van der Waals surface area contributed by atoms with Crippen molar-refractivity contribution in [2.45, 2.75) is 19.4 Å². The molecule has 76 valence electrons. The largest absolute Gasteiger partial charge is 0.480 e. The summed E-state index contributed by atoms with van der Waals surface area (Å²) < 4.78 is 13.2. The molecule has 0 aliphatic heterocycles. The van der Waals surface area contributed by atoms with Crippen LogP contribution in [-0.2, 0) is 11.2 Å². The molecule has 0 bridgehead atoms. The second-order valence-corrected chi connectivity index (χ2v) is 3.24. The zero-order valence-corrected chi connectivity index (χ0v) is 7.83. The fraction of sp³-hybridized carbons (Fsp3) is 0.300. The predicted octanol–water partition coefficient (Wildman–Crippen LogP) is 1.09. The summed E-state index contributed by atoms with van der Waals surface area (Å²) in [7, 11) is 0. The fourth-order valence-corrected chi connectivity index (χ4v) is 1.14. The van der Waals surface area contributed by atoms with Crippen molar-refractivity contribution in [3.8, 4) is 0 Å². The maximum atomic E-state index is 13.2. The van der Waals surface area contributed by atoms with Crippen LogP contribution in [0.1, 0.15) is 11.1 Å². The number of rotatable bonds is 3. The lowest BCUT2D eigenvalue weighted by Crippen LogP contribution is -2.32. The van der Waals surface area contributed by atoms with Crippen LogP contribution in [0.3, 0.4) is 0 Å². The lowest BCUT2D eigenvalue weighted by atomic mass is 10.0. The molecule has 0 saturated heterocycles. The third kappa shape index (κ3) is 2.53. The highest BCUT2D eigenvalue weighted by Crippen LogP contribution is 2.11. The van der Waals surface area contributed by atoms with E-state index in [1.165, 1.54) is 6.07 Å². The number of benzene rings is 1. The zero-order valence-electron chi connectivity index (χ0n) is 7.83. The Kier molecular flexibility index (Phi) is 3.19. The monoisotopic (exact) mass is 197 g/mol. The van der Waals surface area contributed by atoms with Gasteiger partial charge >= 0.3 is 5.97 Å². The maximum absolute atomic E-state index is 13.2. The van der Waals surface area contributed by atoms with Gasteiger partial charge in [-0.1, -0.05) is 12.1 Å². The highest BCUT2D eigenvalue weighted by Gasteiger charge is 2.14. The van der Waals surface area contributed by atoms with Crippen LogP contribution < -0.4 is 5.73 Å². The molecule has 4 heteroatoms. The first-order valence-corrected chi connectivity index (χ1v) is 4.24. The summed E-state index contributed by atoms with van der Waals surface area (Å²) in [6.07, 6.45) is 0.0153. The maximum Gasteiger partial charge on any atom is 0.320 e. The van der Waals surface area contributed by atoms with Crippen LogP contribution >= 0.6 is 0 Å². The van der Waals surface area contributed by atoms with Gasteiger partial charge in [-0.2, -0.15) is 0 Å². The highest BCUT2D eigenvalue weighted by molar-refractivity contribution is 5.73. The first kappa shape index (κ1) is 10.7. The lowest BCUT2D eigenvalue weighted by Gasteiger charge is -2.07. The summed E-state index contributed by atoms with van der Waals surface area (Å²) >= 11 is 0. The Hall–Kier alpha value is -1.42. The number of aryl methyl sites for hydroxylation is 1. The molecule has 0 unspecified atom stereocenters. The molecule has 0 aliphatic rings. The first-order chi connectivity index (χ1) is 6.50. The number of nitrogens with two attached hydrogens (primary N) is 1. The van der Waals surface area contributed by atoms with E-state index in [4.69, 9.17) is 10.8 Å². The molecular weight excluding hydrogens is 185 g/mol. The number of carboxylic acid groups (broad SMARTS) is 1. The van der Waals surface area contributed by atoms with Gasteiger partial charge in [0, 0.05) is 6.42 Å². The molecule has 1 atom stereocenters. The minimum Gasteiger partial charge on any atom is -0.480 e. The molecule has 3 N–H and O–H groups in total. The first-order valence-electron chi connectivity index (χ1n) is 4.24. The minimum absolute atomic E-state index is 0.0153. The second-order valence-electron chi connectivity index (χ2n) is 3.24. The van der Waals surface area contributed by atoms with E-state index in [-0.39, 0.29) is 6.42 Å². The molecule has 0 aliphatic carbocycles. The van der Waals surface area contributed by atoms with Gasteiger partial charge in [0.15, 0.2) is 0 Å². The van der Waals surface area contributed by atoms with Crippen LogP contribution in [0.5, 0.6) is 0 Å². The van der Waals surface area contributed by atoms with Crippen molar-refractivity contribution >= 4 is 5.97 Å². The Bertz CT molecular complexity index is 352. The van der Waals surface area contributed by atoms with Gasteiger partial charge in [0.25, 0.3) is 0 Å². The van der Waals surface area contributed by atoms with Crippen molar-refractivity contribution in [2.24, 2.45) is 5.73 Å². The summed E-state index contributed by atoms with van der Waals surface area (Å²) in [5.41, 5.74) is 6.43. The van der Waals surface area contributed by atoms with E-state index in [1.807, 2.05) is 0 Å². The quantitative estimate of drug-likeness (QED) is 0.762. The van der Waals surface area contributed by atoms with Gasteiger partial charge < -0.3 is 10.8 Å². The molecule has 1 aromatic carbocycles. The third-order valence-electron chi connectivity index (χ3n) is 1.97. The molecule has 1 rings (SSSR count). The summed E-state index contributed by atoms with van der Waals surface area (Å²) in [5, 5.41) is 8.54. The number of carboxylic acids is 1. The molecule has 1 aromatic rings. The fourth-order valence-electron chi connectivity index (χ4n) is 1.14. The van der Waals surface area contributed by atoms with E-state index in [1.54, 1.807) is 19.1 Å². The van der Waals surface area contributed by atoms with Crippen LogP contribution in [0, 0.1) is 12.7 Å². The van der Waals surface area contributed by atoms with E-state index in [2.05, 4.69) is 0 Å². The summed E-state index contributed by atoms with van der Waals surface area (Å²) in [4.78, 5) is 10.4. The number of hydrogen-bond donors (Lipinski definition) is 2. The van der Waals surface area contributed by atoms with E-state index < -0.39 is 17.8 Å². The number of halogens is 1. The Labute approximate surface area is 81.4 Å². The van der Waals surface area contributed by atoms with Crippen LogP contribution in [0.15, 0.2) is 18.2 Å². The average molecular weight is 197 g/mol. The van der Waals surface area contributed by atoms with Gasteiger partial charge in [0.05, 0.1) is 0 Å². The van der Waals surface area contributed by atoms with Gasteiger partial charge in [-0.25, -0.2) is 4.39 Å². The summed E-state index contributed by atoms with van der Waals surface area (Å²) in [6.45, 7) is 1.77. The Morgan fingerprint density at radius 2 is 2.29 bits per heavy atom. The van der Waals surface area contributed by atoms with Crippen LogP contribution in [0.4, 0.5) is 4.39 Å². The van der Waals surface area contributed by atoms with Crippen molar-refractivity contribution in [3.05, 3.63) is 35.1 Å². The molecule has 0 radical (unpaired) electrons. The van der Waals surface area contributed by atoms with Crippen molar-refractivity contribution < 1.29 is 14.3 Å². The standard InChI is InChI=1S/C10H12FNO2/c1-6-2-3-7(8(11)4-6)5-9(12)10(13)14/h2-4,9H,5,12H2,1H3,(H,13,14)/t9-/m1/s1. The smallest absolute Gasteiger partial charge is 0.320 e. The van der Waals surface area contributed by atoms with E-state index >= 15 is 0 Å². The minimum atomic E-state index is -1.12. The van der Waals surface area contributed by atoms with Gasteiger partial charge in [-0.15, -0.1) is 0 Å². The molecule has 0 heterocycles. The Balaban J connectivity index is 2.82. The zero-order chi connectivity index (χ0) is 10.7. The lowest BCUT2D eigenvalue weighted by molar-refractivity contribution is -0.138. The van der Waals surface area contributed by atoms with E-state index in [0.717, 1.165) is 5.56 Å². The van der Waals surface area contributed by atoms with Gasteiger partial charge in [0.1, 0.15) is 11.9 Å². The summed E-state index contributed by atoms with van der Waals surface area (Å²) in [5.74, 6) is -1.52. The van der Waals surface area contributed by atoms with Crippen molar-refractivity contribution in [2.75, 3.05) is 0 Å². The van der Waals surface area contributed by atoms with Crippen LogP contribution in [-0.4, -0.2) is 17.1 Å². The predicted molar refractivity (Wildman–Crippen MR) is 50.5 cm³/mol. The number of hydrogen-bond acceptors (Lipinski definition) is 2. The van der Waals surface area contributed by atoms with Crippen LogP contribution in [0.25, 0.3) is 0 Å². The topological polar surface area (TPSA) is 63.3 Å². The Morgan fingerprint density at radius 3 is 2.79 bits per heavy atom. The van der Waals surface area contributed by atoms with Crippen LogP contribution in [0.2, 0.25) is 0 Å². The molecule has 0 amide bonds. The summed E-state index contributed by atoms with van der Waals surface area (Å²) in [6, 6.07) is 3.61. The SMILES string of the molecule is Cc1ccc(C[C@@H](N)C(=O)O)c(F)c1. The average Bonchev–Trinajstić information content (AvgIpc) is 2.09. The molecule has 0 fully saturated rings. The van der Waals surface area contributed by atoms with Gasteiger partial charge in [-0.05, 0) is 24.1 Å². The molecule has 3 nitrogen and oxygen atoms in total. The molecule has 14 heavy (non-hydrogen) atoms. The Morgan fingerprint density at radius 1 is 1.64 bits per heavy atom. The van der Waals surface area contributed by atoms with Crippen molar-refractivity contribution in [1.29, 1.82) is 0 Å². The third-order valence-corrected chi connectivity index (χ3v) is 1.97. The van der Waals surface area contributed by atoms with Crippen molar-refractivity contribution in [3.63, 3.8) is 0 Å². The van der Waals surface area contributed by atoms with E-state index in [0.29, 0.717) is 5.56 Å². The van der Waals surface area contributed by atoms with E-state index in [9.17, 15) is 9.18 Å². The molecular formula is C10H12FNO2. The number of aliphatic carboxylic acids is 1. The van der Waals surface area contributed by atoms with Gasteiger partial charge in [0.2, 0.25) is 0 Å². The molecule has 0 aromatic heterocycles. The second kappa shape index (κ2) is 4.19. The van der Waals surface area contributed by atoms with Gasteiger partial charge in [-0.3, -0.25) is 4.79 Å². The number of carbonyl (C=O) groups is 1. The van der Waals surface area contributed by atoms with Crippen molar-refractivity contribution in [1.82, 2.24) is 0 Å². The molecule has 0 saturated carbocycles. The highest BCUT2D eigenvalue weighted by atomic mass is 19.1. The molecule has 0 spiro atoms.